The first-order valence-electron chi connectivity index (χ1n) is 6.73. The Labute approximate surface area is 132 Å². The number of para-hydroxylation sites is 1. The zero-order valence-corrected chi connectivity index (χ0v) is 13.4. The van der Waals surface area contributed by atoms with E-state index in [0.29, 0.717) is 11.3 Å². The van der Waals surface area contributed by atoms with Crippen molar-refractivity contribution in [3.63, 3.8) is 0 Å². The van der Waals surface area contributed by atoms with Gasteiger partial charge < -0.3 is 0 Å². The molecule has 0 saturated heterocycles. The summed E-state index contributed by atoms with van der Waals surface area (Å²) < 4.78 is 0.727. The quantitative estimate of drug-likeness (QED) is 0.625. The number of carbonyl (C=O) groups excluding carboxylic acids is 1. The van der Waals surface area contributed by atoms with Gasteiger partial charge in [-0.15, -0.1) is 0 Å². The molecule has 0 unspecified atom stereocenters. The van der Waals surface area contributed by atoms with Gasteiger partial charge in [0, 0.05) is 15.4 Å². The van der Waals surface area contributed by atoms with Gasteiger partial charge in [-0.05, 0) is 54.0 Å². The lowest BCUT2D eigenvalue weighted by molar-refractivity contribution is 0.103. The summed E-state index contributed by atoms with van der Waals surface area (Å²) in [6.45, 7) is 3.99. The van der Waals surface area contributed by atoms with Gasteiger partial charge in [0.05, 0.1) is 5.52 Å². The van der Waals surface area contributed by atoms with E-state index in [-0.39, 0.29) is 5.78 Å². The third-order valence-corrected chi connectivity index (χ3v) is 3.98. The molecule has 0 N–H and O–H groups in total. The first-order valence-corrected chi connectivity index (χ1v) is 7.52. The van der Waals surface area contributed by atoms with Crippen LogP contribution in [0.5, 0.6) is 0 Å². The Morgan fingerprint density at radius 3 is 2.38 bits per heavy atom. The van der Waals surface area contributed by atoms with Crippen molar-refractivity contribution in [1.29, 1.82) is 0 Å². The predicted molar refractivity (Wildman–Crippen MR) is 88.8 cm³/mol. The van der Waals surface area contributed by atoms with E-state index in [1.54, 1.807) is 0 Å². The minimum Gasteiger partial charge on any atom is -0.287 e. The Bertz CT molecular complexity index is 835. The second kappa shape index (κ2) is 5.41. The van der Waals surface area contributed by atoms with E-state index in [4.69, 9.17) is 0 Å². The number of aromatic nitrogens is 1. The molecule has 3 aromatic rings. The van der Waals surface area contributed by atoms with Gasteiger partial charge >= 0.3 is 0 Å². The first kappa shape index (κ1) is 14.0. The number of benzene rings is 2. The third kappa shape index (κ3) is 2.74. The highest BCUT2D eigenvalue weighted by Gasteiger charge is 2.16. The smallest absolute Gasteiger partial charge is 0.212 e. The highest BCUT2D eigenvalue weighted by Crippen LogP contribution is 2.24. The fourth-order valence-electron chi connectivity index (χ4n) is 2.49. The highest BCUT2D eigenvalue weighted by atomic mass is 79.9. The van der Waals surface area contributed by atoms with Crippen molar-refractivity contribution in [2.75, 3.05) is 0 Å². The summed E-state index contributed by atoms with van der Waals surface area (Å²) in [4.78, 5) is 17.2. The molecule has 0 fully saturated rings. The number of aryl methyl sites for hydroxylation is 2. The molecule has 0 spiro atoms. The van der Waals surface area contributed by atoms with E-state index in [1.165, 1.54) is 0 Å². The fourth-order valence-corrected chi connectivity index (χ4v) is 3.01. The number of hydrogen-bond acceptors (Lipinski definition) is 2. The first-order chi connectivity index (χ1) is 10.0. The molecule has 21 heavy (non-hydrogen) atoms. The number of halogens is 1. The van der Waals surface area contributed by atoms with E-state index >= 15 is 0 Å². The summed E-state index contributed by atoms with van der Waals surface area (Å²) in [7, 11) is 0. The zero-order valence-electron chi connectivity index (χ0n) is 11.9. The molecular formula is C18H14BrNO. The fraction of sp³-hybridized carbons (Fsp3) is 0.111. The minimum atomic E-state index is -0.0561. The van der Waals surface area contributed by atoms with E-state index in [1.807, 2.05) is 56.3 Å². The van der Waals surface area contributed by atoms with Crippen LogP contribution in [0.15, 0.2) is 53.0 Å². The molecule has 2 nitrogen and oxygen atoms in total. The van der Waals surface area contributed by atoms with Crippen molar-refractivity contribution >= 4 is 32.6 Å². The zero-order chi connectivity index (χ0) is 15.0. The van der Waals surface area contributed by atoms with Crippen molar-refractivity contribution in [1.82, 2.24) is 4.98 Å². The molecular weight excluding hydrogens is 326 g/mol. The molecule has 3 rings (SSSR count). The van der Waals surface area contributed by atoms with E-state index in [0.717, 1.165) is 26.5 Å². The lowest BCUT2D eigenvalue weighted by Gasteiger charge is -2.07. The number of nitrogens with zero attached hydrogens (tertiary/aromatic N) is 1. The maximum absolute atomic E-state index is 12.7. The maximum Gasteiger partial charge on any atom is 0.212 e. The van der Waals surface area contributed by atoms with Gasteiger partial charge in [-0.2, -0.15) is 0 Å². The average molecular weight is 340 g/mol. The van der Waals surface area contributed by atoms with Crippen molar-refractivity contribution in [2.24, 2.45) is 0 Å². The number of ketones is 1. The van der Waals surface area contributed by atoms with Crippen LogP contribution < -0.4 is 0 Å². The molecule has 0 atom stereocenters. The lowest BCUT2D eigenvalue weighted by atomic mass is 10.0. The van der Waals surface area contributed by atoms with Gasteiger partial charge in [0.15, 0.2) is 0 Å². The summed E-state index contributed by atoms with van der Waals surface area (Å²) in [5, 5.41) is 1.02. The second-order valence-electron chi connectivity index (χ2n) is 5.22. The summed E-state index contributed by atoms with van der Waals surface area (Å²) in [5.41, 5.74) is 4.12. The molecule has 0 amide bonds. The summed E-state index contributed by atoms with van der Waals surface area (Å²) in [6, 6.07) is 15.6. The standard InChI is InChI=1S/C18H14BrNO/c1-11-7-12(2)9-14(8-11)18(21)17-15(19)10-13-5-3-4-6-16(13)20-17/h3-10H,1-2H3. The van der Waals surface area contributed by atoms with Crippen LogP contribution in [-0.4, -0.2) is 10.8 Å². The summed E-state index contributed by atoms with van der Waals surface area (Å²) >= 11 is 3.47. The minimum absolute atomic E-state index is 0.0561. The molecule has 0 aliphatic rings. The summed E-state index contributed by atoms with van der Waals surface area (Å²) in [6.07, 6.45) is 0. The molecule has 0 aliphatic carbocycles. The summed E-state index contributed by atoms with van der Waals surface area (Å²) in [5.74, 6) is -0.0561. The Morgan fingerprint density at radius 2 is 1.67 bits per heavy atom. The molecule has 3 heteroatoms. The topological polar surface area (TPSA) is 30.0 Å². The van der Waals surface area contributed by atoms with Gasteiger partial charge in [0.2, 0.25) is 5.78 Å². The van der Waals surface area contributed by atoms with Crippen LogP contribution in [0, 0.1) is 13.8 Å². The van der Waals surface area contributed by atoms with Crippen LogP contribution in [0.25, 0.3) is 10.9 Å². The average Bonchev–Trinajstić information content (AvgIpc) is 2.44. The number of carbonyl (C=O) groups is 1. The van der Waals surface area contributed by atoms with Crippen LogP contribution in [0.3, 0.4) is 0 Å². The number of pyridine rings is 1. The molecule has 0 bridgehead atoms. The number of hydrogen-bond donors (Lipinski definition) is 0. The predicted octanol–water partition coefficient (Wildman–Crippen LogP) is 4.85. The van der Waals surface area contributed by atoms with Gasteiger partial charge in [0.1, 0.15) is 5.69 Å². The van der Waals surface area contributed by atoms with Gasteiger partial charge in [0.25, 0.3) is 0 Å². The van der Waals surface area contributed by atoms with Crippen molar-refractivity contribution in [2.45, 2.75) is 13.8 Å². The molecule has 1 heterocycles. The van der Waals surface area contributed by atoms with Crippen LogP contribution in [-0.2, 0) is 0 Å². The lowest BCUT2D eigenvalue weighted by Crippen LogP contribution is -2.06. The van der Waals surface area contributed by atoms with Crippen molar-refractivity contribution in [3.05, 3.63) is 75.4 Å². The van der Waals surface area contributed by atoms with E-state index < -0.39 is 0 Å². The van der Waals surface area contributed by atoms with E-state index in [9.17, 15) is 4.79 Å². The SMILES string of the molecule is Cc1cc(C)cc(C(=O)c2nc3ccccc3cc2Br)c1. The highest BCUT2D eigenvalue weighted by molar-refractivity contribution is 9.10. The van der Waals surface area contributed by atoms with Crippen LogP contribution in [0.1, 0.15) is 27.2 Å². The molecule has 1 aromatic heterocycles. The molecule has 0 saturated carbocycles. The normalized spacial score (nSPS) is 10.8. The largest absolute Gasteiger partial charge is 0.287 e. The third-order valence-electron chi connectivity index (χ3n) is 3.38. The number of fused-ring (bicyclic) bond motifs is 1. The molecule has 0 radical (unpaired) electrons. The Morgan fingerprint density at radius 1 is 1.00 bits per heavy atom. The Balaban J connectivity index is 2.14. The van der Waals surface area contributed by atoms with Crippen LogP contribution >= 0.6 is 15.9 Å². The molecule has 2 aromatic carbocycles. The van der Waals surface area contributed by atoms with Crippen molar-refractivity contribution < 1.29 is 4.79 Å². The van der Waals surface area contributed by atoms with Crippen LogP contribution in [0.4, 0.5) is 0 Å². The monoisotopic (exact) mass is 339 g/mol. The number of rotatable bonds is 2. The maximum atomic E-state index is 12.7. The van der Waals surface area contributed by atoms with Gasteiger partial charge in [-0.25, -0.2) is 4.98 Å². The van der Waals surface area contributed by atoms with Crippen molar-refractivity contribution in [3.8, 4) is 0 Å². The van der Waals surface area contributed by atoms with Crippen LogP contribution in [0.2, 0.25) is 0 Å². The Kier molecular flexibility index (Phi) is 3.60. The molecule has 0 aliphatic heterocycles. The van der Waals surface area contributed by atoms with E-state index in [2.05, 4.69) is 27.0 Å². The van der Waals surface area contributed by atoms with Gasteiger partial charge in [-0.3, -0.25) is 4.79 Å². The molecule has 104 valence electrons. The Hall–Kier alpha value is -2.00. The second-order valence-corrected chi connectivity index (χ2v) is 6.07. The van der Waals surface area contributed by atoms with Gasteiger partial charge in [-0.1, -0.05) is 35.4 Å².